The zero-order valence-corrected chi connectivity index (χ0v) is 20.5. The van der Waals surface area contributed by atoms with Gasteiger partial charge < -0.3 is 10.3 Å². The van der Waals surface area contributed by atoms with Crippen molar-refractivity contribution in [2.75, 3.05) is 5.73 Å². The highest BCUT2D eigenvalue weighted by Gasteiger charge is 2.35. The molecule has 0 saturated heterocycles. The van der Waals surface area contributed by atoms with Crippen LogP contribution < -0.4 is 5.73 Å². The first-order valence-corrected chi connectivity index (χ1v) is 11.6. The topological polar surface area (TPSA) is 100 Å². The van der Waals surface area contributed by atoms with Gasteiger partial charge in [0.2, 0.25) is 5.82 Å². The molecule has 5 aromatic rings. The number of rotatable bonds is 5. The standard InChI is InChI=1S/C23H16BrF5N8/c1-2-15(12-8-35-36(9-12)16-4-3-13(25)5-14(16)26)37-19(24)17(18-20(30)33-10-34-21(18)37)11-6-31-22(32-7-11)23(27,28)29/h3-10,15H,2H2,1H3,(H2,30,33,34). The Kier molecular flexibility index (Phi) is 6.14. The van der Waals surface area contributed by atoms with Gasteiger partial charge in [-0.15, -0.1) is 0 Å². The quantitative estimate of drug-likeness (QED) is 0.268. The van der Waals surface area contributed by atoms with Crippen molar-refractivity contribution in [1.82, 2.24) is 34.3 Å². The zero-order valence-electron chi connectivity index (χ0n) is 18.9. The third-order valence-electron chi connectivity index (χ3n) is 5.79. The third-order valence-corrected chi connectivity index (χ3v) is 6.57. The smallest absolute Gasteiger partial charge is 0.383 e. The summed E-state index contributed by atoms with van der Waals surface area (Å²) in [7, 11) is 0. The summed E-state index contributed by atoms with van der Waals surface area (Å²) in [4.78, 5) is 15.4. The fourth-order valence-corrected chi connectivity index (χ4v) is 5.00. The van der Waals surface area contributed by atoms with Crippen molar-refractivity contribution in [2.24, 2.45) is 0 Å². The first kappa shape index (κ1) is 24.7. The van der Waals surface area contributed by atoms with Crippen molar-refractivity contribution in [2.45, 2.75) is 25.6 Å². The minimum Gasteiger partial charge on any atom is -0.383 e. The van der Waals surface area contributed by atoms with E-state index in [0.29, 0.717) is 33.2 Å². The van der Waals surface area contributed by atoms with Crippen LogP contribution in [-0.4, -0.2) is 34.3 Å². The Balaban J connectivity index is 1.66. The van der Waals surface area contributed by atoms with Crippen LogP contribution in [-0.2, 0) is 6.18 Å². The summed E-state index contributed by atoms with van der Waals surface area (Å²) in [6, 6.07) is 2.76. The van der Waals surface area contributed by atoms with Gasteiger partial charge in [0, 0.05) is 41.3 Å². The van der Waals surface area contributed by atoms with Crippen LogP contribution in [0, 0.1) is 11.6 Å². The number of nitrogens with two attached hydrogens (primary N) is 1. The van der Waals surface area contributed by atoms with Crippen LogP contribution in [0.4, 0.5) is 27.8 Å². The summed E-state index contributed by atoms with van der Waals surface area (Å²) in [5, 5.41) is 4.63. The lowest BCUT2D eigenvalue weighted by Gasteiger charge is -2.18. The second-order valence-electron chi connectivity index (χ2n) is 8.02. The molecule has 0 aliphatic carbocycles. The largest absolute Gasteiger partial charge is 0.451 e. The molecular formula is C23H16BrF5N8. The molecule has 1 atom stereocenters. The molecule has 0 aliphatic heterocycles. The SMILES string of the molecule is CCC(c1cnn(-c2ccc(F)cc2F)c1)n1c(Br)c(-c2cnc(C(F)(F)F)nc2)c2c(N)ncnc21. The molecule has 14 heteroatoms. The number of alkyl halides is 3. The summed E-state index contributed by atoms with van der Waals surface area (Å²) in [5.41, 5.74) is 7.98. The molecule has 190 valence electrons. The molecule has 4 heterocycles. The van der Waals surface area contributed by atoms with Gasteiger partial charge in [-0.25, -0.2) is 33.4 Å². The maximum atomic E-state index is 14.3. The fraction of sp³-hybridized carbons (Fsp3) is 0.174. The number of anilines is 1. The van der Waals surface area contributed by atoms with Gasteiger partial charge >= 0.3 is 6.18 Å². The lowest BCUT2D eigenvalue weighted by atomic mass is 10.1. The van der Waals surface area contributed by atoms with Crippen LogP contribution in [0.2, 0.25) is 0 Å². The number of aromatic nitrogens is 7. The Morgan fingerprint density at radius 3 is 2.43 bits per heavy atom. The first-order chi connectivity index (χ1) is 17.6. The van der Waals surface area contributed by atoms with E-state index < -0.39 is 29.7 Å². The molecule has 2 N–H and O–H groups in total. The minimum absolute atomic E-state index is 0.0631. The second-order valence-corrected chi connectivity index (χ2v) is 8.78. The average Bonchev–Trinajstić information content (AvgIpc) is 3.43. The van der Waals surface area contributed by atoms with Crippen LogP contribution in [0.15, 0.2) is 53.9 Å². The van der Waals surface area contributed by atoms with Crippen molar-refractivity contribution in [3.63, 3.8) is 0 Å². The van der Waals surface area contributed by atoms with E-state index >= 15 is 0 Å². The number of fused-ring (bicyclic) bond motifs is 1. The maximum Gasteiger partial charge on any atom is 0.451 e. The number of nitrogens with zero attached hydrogens (tertiary/aromatic N) is 7. The highest BCUT2D eigenvalue weighted by atomic mass is 79.9. The zero-order chi connectivity index (χ0) is 26.5. The van der Waals surface area contributed by atoms with E-state index in [-0.39, 0.29) is 17.1 Å². The molecule has 0 amide bonds. The molecule has 1 aromatic carbocycles. The number of halogens is 6. The molecule has 0 spiro atoms. The fourth-order valence-electron chi connectivity index (χ4n) is 4.15. The highest BCUT2D eigenvalue weighted by molar-refractivity contribution is 9.10. The van der Waals surface area contributed by atoms with Crippen molar-refractivity contribution in [1.29, 1.82) is 0 Å². The van der Waals surface area contributed by atoms with Crippen LogP contribution in [0.25, 0.3) is 27.8 Å². The molecule has 4 aromatic heterocycles. The van der Waals surface area contributed by atoms with Gasteiger partial charge in [-0.2, -0.15) is 18.3 Å². The van der Waals surface area contributed by atoms with E-state index in [0.717, 1.165) is 24.5 Å². The van der Waals surface area contributed by atoms with E-state index in [9.17, 15) is 22.0 Å². The van der Waals surface area contributed by atoms with Gasteiger partial charge in [-0.1, -0.05) is 6.92 Å². The van der Waals surface area contributed by atoms with Crippen LogP contribution in [0.3, 0.4) is 0 Å². The summed E-state index contributed by atoms with van der Waals surface area (Å²) in [6.45, 7) is 1.91. The Labute approximate surface area is 214 Å². The Morgan fingerprint density at radius 2 is 1.78 bits per heavy atom. The first-order valence-electron chi connectivity index (χ1n) is 10.8. The molecular weight excluding hydrogens is 563 g/mol. The van der Waals surface area contributed by atoms with Gasteiger partial charge in [-0.3, -0.25) is 0 Å². The molecule has 8 nitrogen and oxygen atoms in total. The molecule has 5 rings (SSSR count). The normalized spacial score (nSPS) is 12.8. The molecule has 0 saturated carbocycles. The van der Waals surface area contributed by atoms with Crippen LogP contribution >= 0.6 is 15.9 Å². The number of nitrogen functional groups attached to an aromatic ring is 1. The Morgan fingerprint density at radius 1 is 1.05 bits per heavy atom. The summed E-state index contributed by atoms with van der Waals surface area (Å²) < 4.78 is 70.2. The molecule has 1 unspecified atom stereocenters. The van der Waals surface area contributed by atoms with E-state index in [1.165, 1.54) is 17.1 Å². The monoisotopic (exact) mass is 578 g/mol. The number of hydrogen-bond donors (Lipinski definition) is 1. The summed E-state index contributed by atoms with van der Waals surface area (Å²) >= 11 is 3.57. The van der Waals surface area contributed by atoms with E-state index in [1.807, 2.05) is 6.92 Å². The minimum atomic E-state index is -4.69. The van der Waals surface area contributed by atoms with E-state index in [1.54, 1.807) is 17.0 Å². The van der Waals surface area contributed by atoms with Gasteiger partial charge in [0.05, 0.1) is 22.2 Å². The summed E-state index contributed by atoms with van der Waals surface area (Å²) in [5.74, 6) is -2.65. The van der Waals surface area contributed by atoms with E-state index in [2.05, 4.69) is 41.0 Å². The number of hydrogen-bond acceptors (Lipinski definition) is 6. The maximum absolute atomic E-state index is 14.3. The van der Waals surface area contributed by atoms with Gasteiger partial charge in [-0.05, 0) is 34.5 Å². The molecule has 0 fully saturated rings. The molecule has 0 radical (unpaired) electrons. The van der Waals surface area contributed by atoms with Crippen molar-refractivity contribution in [3.8, 4) is 16.8 Å². The van der Waals surface area contributed by atoms with Crippen LogP contribution in [0.5, 0.6) is 0 Å². The summed E-state index contributed by atoms with van der Waals surface area (Å²) in [6.07, 6.45) is 2.37. The van der Waals surface area contributed by atoms with Crippen molar-refractivity contribution < 1.29 is 22.0 Å². The predicted molar refractivity (Wildman–Crippen MR) is 128 cm³/mol. The number of benzene rings is 1. The highest BCUT2D eigenvalue weighted by Crippen LogP contribution is 2.43. The van der Waals surface area contributed by atoms with Gasteiger partial charge in [0.1, 0.15) is 29.3 Å². The predicted octanol–water partition coefficient (Wildman–Crippen LogP) is 5.72. The second kappa shape index (κ2) is 9.18. The van der Waals surface area contributed by atoms with Gasteiger partial charge in [0.15, 0.2) is 5.82 Å². The van der Waals surface area contributed by atoms with Crippen molar-refractivity contribution >= 4 is 32.8 Å². The average molecular weight is 579 g/mol. The molecule has 37 heavy (non-hydrogen) atoms. The lowest BCUT2D eigenvalue weighted by molar-refractivity contribution is -0.144. The van der Waals surface area contributed by atoms with Gasteiger partial charge in [0.25, 0.3) is 0 Å². The van der Waals surface area contributed by atoms with Crippen LogP contribution in [0.1, 0.15) is 30.8 Å². The lowest BCUT2D eigenvalue weighted by Crippen LogP contribution is -2.11. The molecule has 0 aliphatic rings. The Hall–Kier alpha value is -3.94. The molecule has 0 bridgehead atoms. The Bertz CT molecular complexity index is 1610. The third kappa shape index (κ3) is 4.30. The van der Waals surface area contributed by atoms with Crippen molar-refractivity contribution in [3.05, 3.63) is 76.9 Å². The van der Waals surface area contributed by atoms with E-state index in [4.69, 9.17) is 5.73 Å².